The highest BCUT2D eigenvalue weighted by atomic mass is 14.9. The molecule has 0 aliphatic rings. The second-order valence-electron chi connectivity index (χ2n) is 4.22. The highest BCUT2D eigenvalue weighted by Gasteiger charge is 2.16. The lowest BCUT2D eigenvalue weighted by molar-refractivity contribution is 1.26. The van der Waals surface area contributed by atoms with E-state index in [2.05, 4.69) is 39.7 Å². The molecule has 2 aromatic rings. The Morgan fingerprint density at radius 3 is 2.05 bits per heavy atom. The van der Waals surface area contributed by atoms with E-state index in [-0.39, 0.29) is 0 Å². The van der Waals surface area contributed by atoms with Crippen LogP contribution in [0.5, 0.6) is 0 Å². The molecule has 4 nitrogen and oxygen atoms in total. The van der Waals surface area contributed by atoms with Gasteiger partial charge in [-0.15, -0.1) is 0 Å². The van der Waals surface area contributed by atoms with Crippen LogP contribution in [0.4, 0.5) is 11.4 Å². The smallest absolute Gasteiger partial charge is 0.0984 e. The quantitative estimate of drug-likeness (QED) is 0.762. The third-order valence-corrected chi connectivity index (χ3v) is 2.97. The van der Waals surface area contributed by atoms with E-state index < -0.39 is 0 Å². The van der Waals surface area contributed by atoms with Gasteiger partial charge in [-0.25, -0.2) is 0 Å². The van der Waals surface area contributed by atoms with Crippen molar-refractivity contribution in [3.05, 3.63) is 55.4 Å². The number of aromatic nitrogens is 2. The summed E-state index contributed by atoms with van der Waals surface area (Å²) in [5.74, 6) is 0. The van der Waals surface area contributed by atoms with Crippen molar-refractivity contribution in [3.8, 4) is 0 Å². The summed E-state index contributed by atoms with van der Waals surface area (Å²) >= 11 is 0. The monoisotopic (exact) mass is 276 g/mol. The second-order valence-corrected chi connectivity index (χ2v) is 4.22. The molecule has 0 spiro atoms. The van der Waals surface area contributed by atoms with Crippen molar-refractivity contribution in [2.24, 2.45) is 9.98 Å². The molecule has 2 rings (SSSR count). The maximum absolute atomic E-state index is 4.43. The molecular weight excluding hydrogens is 260 g/mol. The van der Waals surface area contributed by atoms with Crippen LogP contribution in [0.2, 0.25) is 0 Å². The number of nitrogens with zero attached hydrogens (tertiary/aromatic N) is 4. The first kappa shape index (κ1) is 14.5. The van der Waals surface area contributed by atoms with Crippen LogP contribution < -0.4 is 0 Å². The molecule has 0 aliphatic heterocycles. The van der Waals surface area contributed by atoms with Crippen LogP contribution in [-0.2, 0) is 0 Å². The summed E-state index contributed by atoms with van der Waals surface area (Å²) < 4.78 is 0. The third kappa shape index (κ3) is 2.69. The first-order valence-corrected chi connectivity index (χ1v) is 6.44. The number of fused-ring (bicyclic) bond motifs is 1. The molecular formula is C17H16N4. The van der Waals surface area contributed by atoms with Gasteiger partial charge >= 0.3 is 0 Å². The number of hydrogen-bond donors (Lipinski definition) is 0. The molecule has 0 N–H and O–H groups in total. The van der Waals surface area contributed by atoms with Crippen LogP contribution in [0.25, 0.3) is 17.1 Å². The molecule has 0 saturated carbocycles. The number of allylic oxidation sites excluding steroid dienone is 2. The van der Waals surface area contributed by atoms with Crippen molar-refractivity contribution in [2.45, 2.75) is 6.92 Å². The average Bonchev–Trinajstić information content (AvgIpc) is 2.52. The molecule has 0 fully saturated rings. The molecule has 0 unspecified atom stereocenters. The maximum Gasteiger partial charge on any atom is 0.0984 e. The average molecular weight is 276 g/mol. The molecule has 0 bridgehead atoms. The predicted molar refractivity (Wildman–Crippen MR) is 91.1 cm³/mol. The van der Waals surface area contributed by atoms with Gasteiger partial charge in [0.1, 0.15) is 0 Å². The van der Waals surface area contributed by atoms with Gasteiger partial charge in [0.15, 0.2) is 0 Å². The summed E-state index contributed by atoms with van der Waals surface area (Å²) in [6.45, 7) is 13.1. The molecule has 0 radical (unpaired) electrons. The van der Waals surface area contributed by atoms with Crippen LogP contribution in [0, 0.1) is 6.92 Å². The standard InChI is InChI=1S/C17H16N4/c1-5-8-18-14-12(4)15-17(21-11-10-20-15)13(7-3)16(14)19-9-6-2/h5-11H,1-3H2,4H3/b18-8-,19-9-. The minimum absolute atomic E-state index is 0.702. The summed E-state index contributed by atoms with van der Waals surface area (Å²) in [7, 11) is 0. The highest BCUT2D eigenvalue weighted by Crippen LogP contribution is 2.40. The third-order valence-electron chi connectivity index (χ3n) is 2.97. The number of benzene rings is 1. The summed E-state index contributed by atoms with van der Waals surface area (Å²) in [6, 6.07) is 0. The minimum atomic E-state index is 0.702. The van der Waals surface area contributed by atoms with E-state index in [0.29, 0.717) is 5.69 Å². The number of rotatable bonds is 5. The fourth-order valence-electron chi connectivity index (χ4n) is 2.08. The lowest BCUT2D eigenvalue weighted by Gasteiger charge is -2.12. The van der Waals surface area contributed by atoms with Crippen molar-refractivity contribution in [2.75, 3.05) is 0 Å². The van der Waals surface area contributed by atoms with Gasteiger partial charge in [-0.3, -0.25) is 20.0 Å². The van der Waals surface area contributed by atoms with Crippen LogP contribution in [0.15, 0.2) is 54.3 Å². The Morgan fingerprint density at radius 2 is 1.48 bits per heavy atom. The van der Waals surface area contributed by atoms with Gasteiger partial charge in [-0.1, -0.05) is 38.0 Å². The van der Waals surface area contributed by atoms with Crippen LogP contribution in [0.1, 0.15) is 11.1 Å². The van der Waals surface area contributed by atoms with Crippen molar-refractivity contribution in [1.82, 2.24) is 9.97 Å². The zero-order valence-corrected chi connectivity index (χ0v) is 12.0. The Balaban J connectivity index is 2.95. The summed E-state index contributed by atoms with van der Waals surface area (Å²) in [6.07, 6.45) is 11.5. The maximum atomic E-state index is 4.43. The summed E-state index contributed by atoms with van der Waals surface area (Å²) in [4.78, 5) is 17.7. The van der Waals surface area contributed by atoms with E-state index in [1.807, 2.05) is 6.92 Å². The first-order valence-electron chi connectivity index (χ1n) is 6.44. The Morgan fingerprint density at radius 1 is 0.905 bits per heavy atom. The first-order chi connectivity index (χ1) is 10.2. The van der Waals surface area contributed by atoms with Gasteiger partial charge in [0.05, 0.1) is 22.4 Å². The number of aliphatic imine (C=N–C) groups is 2. The zero-order valence-electron chi connectivity index (χ0n) is 12.0. The van der Waals surface area contributed by atoms with E-state index in [1.165, 1.54) is 0 Å². The topological polar surface area (TPSA) is 50.5 Å². The number of aryl methyl sites for hydroxylation is 1. The molecule has 4 heteroatoms. The largest absolute Gasteiger partial charge is 0.254 e. The van der Waals surface area contributed by atoms with E-state index in [4.69, 9.17) is 0 Å². The molecule has 0 amide bonds. The summed E-state index contributed by atoms with van der Waals surface area (Å²) in [5, 5.41) is 0. The Kier molecular flexibility index (Phi) is 4.51. The predicted octanol–water partition coefficient (Wildman–Crippen LogP) is 4.36. The second kappa shape index (κ2) is 6.52. The molecule has 1 heterocycles. The lowest BCUT2D eigenvalue weighted by Crippen LogP contribution is -1.92. The molecule has 104 valence electrons. The fraction of sp³-hybridized carbons (Fsp3) is 0.0588. The van der Waals surface area contributed by atoms with Crippen LogP contribution in [-0.4, -0.2) is 22.4 Å². The van der Waals surface area contributed by atoms with Crippen molar-refractivity contribution in [3.63, 3.8) is 0 Å². The Bertz CT molecular complexity index is 770. The SMILES string of the molecule is C=C/C=N\c1c(/N=C\C=C)c(C=C)c2nccnc2c1C. The highest BCUT2D eigenvalue weighted by molar-refractivity contribution is 6.00. The molecule has 0 aliphatic carbocycles. The van der Waals surface area contributed by atoms with E-state index in [9.17, 15) is 0 Å². The van der Waals surface area contributed by atoms with Gasteiger partial charge in [-0.05, 0) is 6.92 Å². The summed E-state index contributed by atoms with van der Waals surface area (Å²) in [5.41, 5.74) is 4.71. The Hall–Kier alpha value is -2.88. The van der Waals surface area contributed by atoms with Crippen molar-refractivity contribution >= 4 is 40.9 Å². The number of hydrogen-bond acceptors (Lipinski definition) is 4. The van der Waals surface area contributed by atoms with Gasteiger partial charge in [-0.2, -0.15) is 0 Å². The van der Waals surface area contributed by atoms with E-state index in [1.54, 1.807) is 43.1 Å². The minimum Gasteiger partial charge on any atom is -0.254 e. The normalized spacial score (nSPS) is 11.3. The van der Waals surface area contributed by atoms with Crippen molar-refractivity contribution < 1.29 is 0 Å². The van der Waals surface area contributed by atoms with Crippen LogP contribution in [0.3, 0.4) is 0 Å². The van der Waals surface area contributed by atoms with Crippen molar-refractivity contribution in [1.29, 1.82) is 0 Å². The van der Waals surface area contributed by atoms with Gasteiger partial charge < -0.3 is 0 Å². The zero-order chi connectivity index (χ0) is 15.2. The van der Waals surface area contributed by atoms with Gasteiger partial charge in [0.2, 0.25) is 0 Å². The van der Waals surface area contributed by atoms with E-state index >= 15 is 0 Å². The molecule has 0 atom stereocenters. The molecule has 1 aromatic carbocycles. The van der Waals surface area contributed by atoms with Gasteiger partial charge in [0, 0.05) is 35.9 Å². The molecule has 0 saturated heterocycles. The Labute approximate surface area is 124 Å². The van der Waals surface area contributed by atoms with Crippen LogP contribution >= 0.6 is 0 Å². The lowest BCUT2D eigenvalue weighted by atomic mass is 10.0. The fourth-order valence-corrected chi connectivity index (χ4v) is 2.08. The van der Waals surface area contributed by atoms with E-state index in [0.717, 1.165) is 27.8 Å². The molecule has 21 heavy (non-hydrogen) atoms. The molecule has 1 aromatic heterocycles. The van der Waals surface area contributed by atoms with Gasteiger partial charge in [0.25, 0.3) is 0 Å².